The Morgan fingerprint density at radius 3 is 2.40 bits per heavy atom. The van der Waals surface area contributed by atoms with Crippen molar-refractivity contribution in [2.75, 3.05) is 14.1 Å². The first kappa shape index (κ1) is 11.8. The van der Waals surface area contributed by atoms with Crippen molar-refractivity contribution in [2.24, 2.45) is 0 Å². The predicted octanol–water partition coefficient (Wildman–Crippen LogP) is 3.78. The largest absolute Gasteiger partial charge is 0.377 e. The molecule has 0 atom stereocenters. The van der Waals surface area contributed by atoms with Crippen LogP contribution in [-0.2, 0) is 0 Å². The van der Waals surface area contributed by atoms with Gasteiger partial charge in [-0.2, -0.15) is 0 Å². The van der Waals surface area contributed by atoms with E-state index >= 15 is 0 Å². The molecule has 0 saturated heterocycles. The zero-order valence-electron chi connectivity index (χ0n) is 10.0. The second-order valence-corrected chi connectivity index (χ2v) is 3.99. The molecular formula is C14H21N. The highest BCUT2D eigenvalue weighted by molar-refractivity contribution is 5.63. The number of allylic oxidation sites excluding steroid dienone is 1. The third-order valence-electron chi connectivity index (χ3n) is 2.45. The lowest BCUT2D eigenvalue weighted by Crippen LogP contribution is -2.09. The first-order valence-electron chi connectivity index (χ1n) is 5.68. The molecule has 15 heavy (non-hydrogen) atoms. The molecule has 0 bridgehead atoms. The predicted molar refractivity (Wildman–Crippen MR) is 67.6 cm³/mol. The summed E-state index contributed by atoms with van der Waals surface area (Å²) in [6.07, 6.45) is 6.02. The first-order chi connectivity index (χ1) is 7.25. The summed E-state index contributed by atoms with van der Waals surface area (Å²) in [4.78, 5) is 2.19. The molecule has 1 aromatic carbocycles. The van der Waals surface area contributed by atoms with Gasteiger partial charge in [-0.25, -0.2) is 0 Å². The summed E-state index contributed by atoms with van der Waals surface area (Å²) in [5.74, 6) is 0. The highest BCUT2D eigenvalue weighted by Crippen LogP contribution is 2.17. The van der Waals surface area contributed by atoms with Crippen LogP contribution in [0.2, 0.25) is 0 Å². The SMILES string of the molecule is CCCC/C=C(\c1ccccc1)N(C)C. The Labute approximate surface area is 93.4 Å². The summed E-state index contributed by atoms with van der Waals surface area (Å²) in [6, 6.07) is 10.6. The van der Waals surface area contributed by atoms with Crippen LogP contribution in [0.15, 0.2) is 36.4 Å². The Morgan fingerprint density at radius 1 is 1.20 bits per heavy atom. The lowest BCUT2D eigenvalue weighted by atomic mass is 10.1. The van der Waals surface area contributed by atoms with Crippen molar-refractivity contribution in [2.45, 2.75) is 26.2 Å². The number of unbranched alkanes of at least 4 members (excludes halogenated alkanes) is 2. The maximum atomic E-state index is 2.33. The minimum Gasteiger partial charge on any atom is -0.377 e. The number of benzene rings is 1. The molecule has 1 rings (SSSR count). The topological polar surface area (TPSA) is 3.24 Å². The molecule has 0 saturated carbocycles. The maximum Gasteiger partial charge on any atom is 0.0394 e. The van der Waals surface area contributed by atoms with Crippen molar-refractivity contribution in [3.05, 3.63) is 42.0 Å². The van der Waals surface area contributed by atoms with E-state index in [1.54, 1.807) is 0 Å². The van der Waals surface area contributed by atoms with Crippen molar-refractivity contribution in [3.63, 3.8) is 0 Å². The van der Waals surface area contributed by atoms with E-state index in [2.05, 4.69) is 62.3 Å². The van der Waals surface area contributed by atoms with E-state index in [0.29, 0.717) is 0 Å². The second-order valence-electron chi connectivity index (χ2n) is 3.99. The van der Waals surface area contributed by atoms with Crippen molar-refractivity contribution in [3.8, 4) is 0 Å². The monoisotopic (exact) mass is 203 g/mol. The minimum absolute atomic E-state index is 1.17. The lowest BCUT2D eigenvalue weighted by molar-refractivity contribution is 0.588. The van der Waals surface area contributed by atoms with Crippen LogP contribution < -0.4 is 0 Å². The molecule has 82 valence electrons. The summed E-state index contributed by atoms with van der Waals surface area (Å²) >= 11 is 0. The average molecular weight is 203 g/mol. The highest BCUT2D eigenvalue weighted by Gasteiger charge is 2.01. The second kappa shape index (κ2) is 6.28. The van der Waals surface area contributed by atoms with Crippen LogP contribution >= 0.6 is 0 Å². The van der Waals surface area contributed by atoms with Gasteiger partial charge < -0.3 is 4.90 Å². The Kier molecular flexibility index (Phi) is 4.96. The zero-order valence-corrected chi connectivity index (χ0v) is 10.0. The van der Waals surface area contributed by atoms with Crippen LogP contribution in [0.3, 0.4) is 0 Å². The first-order valence-corrected chi connectivity index (χ1v) is 5.68. The van der Waals surface area contributed by atoms with Crippen molar-refractivity contribution in [1.29, 1.82) is 0 Å². The van der Waals surface area contributed by atoms with Crippen LogP contribution in [0.1, 0.15) is 31.7 Å². The van der Waals surface area contributed by atoms with Gasteiger partial charge in [0.05, 0.1) is 0 Å². The fourth-order valence-electron chi connectivity index (χ4n) is 1.61. The third kappa shape index (κ3) is 3.78. The van der Waals surface area contributed by atoms with Gasteiger partial charge in [0, 0.05) is 19.8 Å². The smallest absolute Gasteiger partial charge is 0.0394 e. The Hall–Kier alpha value is -1.24. The van der Waals surface area contributed by atoms with Gasteiger partial charge in [0.25, 0.3) is 0 Å². The van der Waals surface area contributed by atoms with E-state index in [1.165, 1.54) is 30.5 Å². The van der Waals surface area contributed by atoms with Gasteiger partial charge in [-0.3, -0.25) is 0 Å². The van der Waals surface area contributed by atoms with Gasteiger partial charge in [-0.1, -0.05) is 49.8 Å². The van der Waals surface area contributed by atoms with E-state index in [1.807, 2.05) is 0 Å². The van der Waals surface area contributed by atoms with Crippen LogP contribution in [0.25, 0.3) is 5.70 Å². The number of hydrogen-bond donors (Lipinski definition) is 0. The quantitative estimate of drug-likeness (QED) is 0.658. The Morgan fingerprint density at radius 2 is 1.87 bits per heavy atom. The van der Waals surface area contributed by atoms with Gasteiger partial charge in [0.2, 0.25) is 0 Å². The minimum atomic E-state index is 1.17. The fourth-order valence-corrected chi connectivity index (χ4v) is 1.61. The molecule has 0 amide bonds. The van der Waals surface area contributed by atoms with Gasteiger partial charge >= 0.3 is 0 Å². The van der Waals surface area contributed by atoms with Crippen LogP contribution in [0.4, 0.5) is 0 Å². The van der Waals surface area contributed by atoms with E-state index in [9.17, 15) is 0 Å². The summed E-state index contributed by atoms with van der Waals surface area (Å²) in [5, 5.41) is 0. The van der Waals surface area contributed by atoms with E-state index < -0.39 is 0 Å². The summed E-state index contributed by atoms with van der Waals surface area (Å²) in [6.45, 7) is 2.23. The van der Waals surface area contributed by atoms with Gasteiger partial charge in [-0.05, 0) is 18.4 Å². The number of rotatable bonds is 5. The molecular weight excluding hydrogens is 182 g/mol. The molecule has 0 aliphatic rings. The average Bonchev–Trinajstić information content (AvgIpc) is 2.25. The van der Waals surface area contributed by atoms with Crippen molar-refractivity contribution >= 4 is 5.70 Å². The van der Waals surface area contributed by atoms with Gasteiger partial charge in [0.15, 0.2) is 0 Å². The molecule has 0 N–H and O–H groups in total. The van der Waals surface area contributed by atoms with Crippen molar-refractivity contribution < 1.29 is 0 Å². The summed E-state index contributed by atoms with van der Waals surface area (Å²) in [5.41, 5.74) is 2.63. The number of nitrogens with zero attached hydrogens (tertiary/aromatic N) is 1. The van der Waals surface area contributed by atoms with Gasteiger partial charge in [-0.15, -0.1) is 0 Å². The van der Waals surface area contributed by atoms with E-state index in [0.717, 1.165) is 0 Å². The standard InChI is InChI=1S/C14H21N/c1-4-5-7-12-14(15(2)3)13-10-8-6-9-11-13/h6,8-12H,4-5,7H2,1-3H3/b14-12+. The normalized spacial score (nSPS) is 11.5. The van der Waals surface area contributed by atoms with Crippen molar-refractivity contribution in [1.82, 2.24) is 4.90 Å². The summed E-state index contributed by atoms with van der Waals surface area (Å²) < 4.78 is 0. The molecule has 1 nitrogen and oxygen atoms in total. The lowest BCUT2D eigenvalue weighted by Gasteiger charge is -2.17. The Bertz CT molecular complexity index is 298. The molecule has 1 aromatic rings. The van der Waals surface area contributed by atoms with E-state index in [-0.39, 0.29) is 0 Å². The molecule has 0 heterocycles. The van der Waals surface area contributed by atoms with Gasteiger partial charge in [0.1, 0.15) is 0 Å². The molecule has 0 unspecified atom stereocenters. The fraction of sp³-hybridized carbons (Fsp3) is 0.429. The molecule has 0 aromatic heterocycles. The molecule has 1 heteroatoms. The molecule has 0 spiro atoms. The maximum absolute atomic E-state index is 2.33. The number of hydrogen-bond acceptors (Lipinski definition) is 1. The zero-order chi connectivity index (χ0) is 11.1. The van der Waals surface area contributed by atoms with E-state index in [4.69, 9.17) is 0 Å². The molecule has 0 radical (unpaired) electrons. The van der Waals surface area contributed by atoms with Crippen LogP contribution in [0.5, 0.6) is 0 Å². The van der Waals surface area contributed by atoms with Crippen LogP contribution in [0, 0.1) is 0 Å². The molecule has 0 aliphatic heterocycles. The Balaban J connectivity index is 2.79. The molecule has 0 aliphatic carbocycles. The summed E-state index contributed by atoms with van der Waals surface area (Å²) in [7, 11) is 4.20. The van der Waals surface area contributed by atoms with Crippen LogP contribution in [-0.4, -0.2) is 19.0 Å². The highest BCUT2D eigenvalue weighted by atomic mass is 15.1. The third-order valence-corrected chi connectivity index (χ3v) is 2.45. The molecule has 0 fully saturated rings.